The Kier molecular flexibility index (Phi) is 5.68. The Morgan fingerprint density at radius 3 is 2.73 bits per heavy atom. The number of amides is 1. The molecule has 1 saturated heterocycles. The first-order chi connectivity index (χ1) is 12.5. The number of benzene rings is 1. The van der Waals surface area contributed by atoms with Crippen molar-refractivity contribution >= 4 is 11.6 Å². The fourth-order valence-corrected chi connectivity index (χ4v) is 3.40. The number of rotatable bonds is 5. The number of hydrogen-bond acceptors (Lipinski definition) is 5. The summed E-state index contributed by atoms with van der Waals surface area (Å²) in [4.78, 5) is 14.9. The van der Waals surface area contributed by atoms with Gasteiger partial charge >= 0.3 is 0 Å². The van der Waals surface area contributed by atoms with Crippen LogP contribution >= 0.6 is 0 Å². The molecule has 0 saturated carbocycles. The van der Waals surface area contributed by atoms with Crippen LogP contribution in [0.15, 0.2) is 18.2 Å². The van der Waals surface area contributed by atoms with Gasteiger partial charge in [0.2, 0.25) is 0 Å². The first-order valence-electron chi connectivity index (χ1n) is 9.14. The van der Waals surface area contributed by atoms with E-state index in [4.69, 9.17) is 0 Å². The highest BCUT2D eigenvalue weighted by molar-refractivity contribution is 6.03. The van der Waals surface area contributed by atoms with E-state index in [9.17, 15) is 4.79 Å². The molecule has 0 bridgehead atoms. The van der Waals surface area contributed by atoms with Crippen LogP contribution in [-0.4, -0.2) is 53.0 Å². The standard InChI is InChI=1S/C19H28N6O/c1-13-5-6-15(12-24(3)4)11-17(13)21-19(26)18-14(2)25(23-22-18)16-7-9-20-10-8-16/h5-6,11,16,20H,7-10,12H2,1-4H3,(H,21,26). The van der Waals surface area contributed by atoms with E-state index < -0.39 is 0 Å². The Morgan fingerprint density at radius 2 is 2.04 bits per heavy atom. The Balaban J connectivity index is 1.77. The van der Waals surface area contributed by atoms with Crippen molar-refractivity contribution in [3.05, 3.63) is 40.7 Å². The van der Waals surface area contributed by atoms with Crippen molar-refractivity contribution in [2.75, 3.05) is 32.5 Å². The molecule has 0 unspecified atom stereocenters. The van der Waals surface area contributed by atoms with Gasteiger partial charge in [0.05, 0.1) is 11.7 Å². The third kappa shape index (κ3) is 4.11. The van der Waals surface area contributed by atoms with Crippen LogP contribution in [0.5, 0.6) is 0 Å². The lowest BCUT2D eigenvalue weighted by Gasteiger charge is -2.23. The van der Waals surface area contributed by atoms with Gasteiger partial charge in [-0.25, -0.2) is 4.68 Å². The normalized spacial score (nSPS) is 15.4. The van der Waals surface area contributed by atoms with E-state index in [-0.39, 0.29) is 5.91 Å². The van der Waals surface area contributed by atoms with Crippen molar-refractivity contribution in [1.82, 2.24) is 25.2 Å². The van der Waals surface area contributed by atoms with Gasteiger partial charge < -0.3 is 15.5 Å². The third-order valence-corrected chi connectivity index (χ3v) is 4.85. The van der Waals surface area contributed by atoms with Crippen molar-refractivity contribution < 1.29 is 4.79 Å². The monoisotopic (exact) mass is 356 g/mol. The number of aryl methyl sites for hydroxylation is 1. The number of nitrogens with one attached hydrogen (secondary N) is 2. The topological polar surface area (TPSA) is 75.1 Å². The summed E-state index contributed by atoms with van der Waals surface area (Å²) in [5.74, 6) is -0.201. The average Bonchev–Trinajstić information content (AvgIpc) is 3.00. The van der Waals surface area contributed by atoms with E-state index in [1.54, 1.807) is 0 Å². The van der Waals surface area contributed by atoms with Gasteiger partial charge in [0.1, 0.15) is 0 Å². The van der Waals surface area contributed by atoms with Crippen LogP contribution in [-0.2, 0) is 6.54 Å². The number of aromatic nitrogens is 3. The van der Waals surface area contributed by atoms with Crippen LogP contribution in [0.2, 0.25) is 0 Å². The zero-order valence-electron chi connectivity index (χ0n) is 16.0. The average molecular weight is 356 g/mol. The smallest absolute Gasteiger partial charge is 0.278 e. The fourth-order valence-electron chi connectivity index (χ4n) is 3.40. The molecule has 2 aromatic rings. The largest absolute Gasteiger partial charge is 0.320 e. The van der Waals surface area contributed by atoms with Gasteiger partial charge in [0, 0.05) is 12.2 Å². The van der Waals surface area contributed by atoms with Gasteiger partial charge in [-0.3, -0.25) is 4.79 Å². The molecule has 1 fully saturated rings. The quantitative estimate of drug-likeness (QED) is 0.858. The summed E-state index contributed by atoms with van der Waals surface area (Å²) in [6.07, 6.45) is 2.02. The maximum absolute atomic E-state index is 12.8. The molecule has 3 rings (SSSR count). The number of piperidine rings is 1. The van der Waals surface area contributed by atoms with Crippen LogP contribution in [0, 0.1) is 13.8 Å². The minimum absolute atomic E-state index is 0.201. The molecule has 26 heavy (non-hydrogen) atoms. The summed E-state index contributed by atoms with van der Waals surface area (Å²) in [5.41, 5.74) is 4.25. The van der Waals surface area contributed by atoms with Crippen LogP contribution < -0.4 is 10.6 Å². The zero-order chi connectivity index (χ0) is 18.7. The minimum atomic E-state index is -0.201. The summed E-state index contributed by atoms with van der Waals surface area (Å²) in [5, 5.41) is 14.8. The van der Waals surface area contributed by atoms with Gasteiger partial charge in [0.25, 0.3) is 5.91 Å². The summed E-state index contributed by atoms with van der Waals surface area (Å²) in [6, 6.07) is 6.46. The lowest BCUT2D eigenvalue weighted by Crippen LogP contribution is -2.30. The highest BCUT2D eigenvalue weighted by Gasteiger charge is 2.23. The maximum Gasteiger partial charge on any atom is 0.278 e. The highest BCUT2D eigenvalue weighted by atomic mass is 16.2. The summed E-state index contributed by atoms with van der Waals surface area (Å²) >= 11 is 0. The van der Waals surface area contributed by atoms with Crippen LogP contribution in [0.4, 0.5) is 5.69 Å². The number of anilines is 1. The fraction of sp³-hybridized carbons (Fsp3) is 0.526. The zero-order valence-corrected chi connectivity index (χ0v) is 16.0. The van der Waals surface area contributed by atoms with Gasteiger partial charge in [0.15, 0.2) is 5.69 Å². The highest BCUT2D eigenvalue weighted by Crippen LogP contribution is 2.22. The molecule has 1 amide bonds. The molecule has 2 heterocycles. The molecule has 0 spiro atoms. The Hall–Kier alpha value is -2.25. The van der Waals surface area contributed by atoms with Gasteiger partial charge in [-0.15, -0.1) is 5.10 Å². The Bertz CT molecular complexity index is 776. The Labute approximate surface area is 154 Å². The predicted octanol–water partition coefficient (Wildman–Crippen LogP) is 2.13. The van der Waals surface area contributed by atoms with E-state index in [0.29, 0.717) is 11.7 Å². The van der Waals surface area contributed by atoms with Gasteiger partial charge in [-0.05, 0) is 71.1 Å². The molecule has 2 N–H and O–H groups in total. The van der Waals surface area contributed by atoms with E-state index >= 15 is 0 Å². The molecule has 1 aliphatic rings. The summed E-state index contributed by atoms with van der Waals surface area (Å²) in [7, 11) is 4.06. The van der Waals surface area contributed by atoms with Gasteiger partial charge in [-0.2, -0.15) is 0 Å². The van der Waals surface area contributed by atoms with Gasteiger partial charge in [-0.1, -0.05) is 17.3 Å². The molecule has 0 radical (unpaired) electrons. The molecule has 7 heteroatoms. The van der Waals surface area contributed by atoms with E-state index in [2.05, 4.69) is 31.9 Å². The number of carbonyl (C=O) groups excluding carboxylic acids is 1. The predicted molar refractivity (Wildman–Crippen MR) is 102 cm³/mol. The van der Waals surface area contributed by atoms with E-state index in [0.717, 1.165) is 55.0 Å². The van der Waals surface area contributed by atoms with Crippen molar-refractivity contribution in [1.29, 1.82) is 0 Å². The lowest BCUT2D eigenvalue weighted by atomic mass is 10.1. The molecule has 1 aromatic carbocycles. The minimum Gasteiger partial charge on any atom is -0.320 e. The summed E-state index contributed by atoms with van der Waals surface area (Å²) in [6.45, 7) is 6.70. The molecule has 0 aliphatic carbocycles. The van der Waals surface area contributed by atoms with Crippen molar-refractivity contribution in [2.24, 2.45) is 0 Å². The summed E-state index contributed by atoms with van der Waals surface area (Å²) < 4.78 is 1.91. The number of carbonyl (C=O) groups is 1. The van der Waals surface area contributed by atoms with Crippen molar-refractivity contribution in [3.8, 4) is 0 Å². The molecule has 7 nitrogen and oxygen atoms in total. The van der Waals surface area contributed by atoms with E-state index in [1.165, 1.54) is 0 Å². The second kappa shape index (κ2) is 7.97. The van der Waals surface area contributed by atoms with Crippen LogP contribution in [0.25, 0.3) is 0 Å². The second-order valence-electron chi connectivity index (χ2n) is 7.29. The lowest BCUT2D eigenvalue weighted by molar-refractivity contribution is 0.102. The van der Waals surface area contributed by atoms with Crippen molar-refractivity contribution in [3.63, 3.8) is 0 Å². The molecule has 0 atom stereocenters. The van der Waals surface area contributed by atoms with Crippen LogP contribution in [0.3, 0.4) is 0 Å². The SMILES string of the molecule is Cc1ccc(CN(C)C)cc1NC(=O)c1nnn(C2CCNCC2)c1C. The molecule has 1 aromatic heterocycles. The van der Waals surface area contributed by atoms with Crippen LogP contribution in [0.1, 0.15) is 46.2 Å². The third-order valence-electron chi connectivity index (χ3n) is 4.85. The second-order valence-corrected chi connectivity index (χ2v) is 7.29. The number of hydrogen-bond donors (Lipinski definition) is 2. The first kappa shape index (κ1) is 18.5. The maximum atomic E-state index is 12.8. The molecular weight excluding hydrogens is 328 g/mol. The molecular formula is C19H28N6O. The van der Waals surface area contributed by atoms with E-state index in [1.807, 2.05) is 44.8 Å². The van der Waals surface area contributed by atoms with Crippen molar-refractivity contribution in [2.45, 2.75) is 39.3 Å². The number of nitrogens with zero attached hydrogens (tertiary/aromatic N) is 4. The molecule has 1 aliphatic heterocycles. The first-order valence-corrected chi connectivity index (χ1v) is 9.14. The Morgan fingerprint density at radius 1 is 1.31 bits per heavy atom. The molecule has 140 valence electrons.